The summed E-state index contributed by atoms with van der Waals surface area (Å²) in [4.78, 5) is 31.6. The summed E-state index contributed by atoms with van der Waals surface area (Å²) >= 11 is 0. The second kappa shape index (κ2) is 21.2. The first-order valence-corrected chi connectivity index (χ1v) is 23.3. The Morgan fingerprint density at radius 2 is 1.17 bits per heavy atom. The maximum atomic E-state index is 14.2. The highest BCUT2D eigenvalue weighted by Gasteiger charge is 2.33. The van der Waals surface area contributed by atoms with Gasteiger partial charge >= 0.3 is 0 Å². The number of ether oxygens (including phenoxy) is 5. The number of nitrogens with zero attached hydrogens (tertiary/aromatic N) is 6. The van der Waals surface area contributed by atoms with Gasteiger partial charge in [-0.3, -0.25) is 9.59 Å². The molecule has 2 amide bonds. The first-order valence-electron chi connectivity index (χ1n) is 23.3. The fourth-order valence-electron chi connectivity index (χ4n) is 8.73. The minimum Gasteiger partial charge on any atom is -0.492 e. The number of rotatable bonds is 18. The average molecular weight is 955 g/mol. The smallest absolute Gasteiger partial charge is 0.263 e. The lowest BCUT2D eigenvalue weighted by Crippen LogP contribution is -2.49. The van der Waals surface area contributed by atoms with Gasteiger partial charge in [-0.2, -0.15) is 10.2 Å². The minimum atomic E-state index is -0.871. The van der Waals surface area contributed by atoms with Crippen LogP contribution in [0, 0.1) is 5.82 Å². The maximum Gasteiger partial charge on any atom is 0.263 e. The molecular formula is C55H51FN8O7. The highest BCUT2D eigenvalue weighted by atomic mass is 19.1. The number of fused-ring (bicyclic) bond motifs is 2. The molecule has 0 radical (unpaired) electrons. The molecule has 2 N–H and O–H groups in total. The largest absolute Gasteiger partial charge is 0.492 e. The van der Waals surface area contributed by atoms with E-state index >= 15 is 0 Å². The molecule has 2 aliphatic heterocycles. The second-order valence-corrected chi connectivity index (χ2v) is 16.9. The van der Waals surface area contributed by atoms with Gasteiger partial charge in [0.05, 0.1) is 56.0 Å². The SMILES string of the molecule is COc1c(OCCNC(=O)C2CN(Cc3ccc(-n4cccn4)cc3)c3ccccc3O2)cccc1-c1ccc2c(c1)OC(C(=O)NCCOc1ccccc1F)CN2Cc1ccc(-n2cccn2)cc1. The number of carbonyl (C=O) groups is 2. The molecule has 0 aliphatic carbocycles. The van der Waals surface area contributed by atoms with E-state index in [2.05, 4.69) is 42.8 Å². The quantitative estimate of drug-likeness (QED) is 0.0813. The van der Waals surface area contributed by atoms with Crippen molar-refractivity contribution in [3.05, 3.63) is 187 Å². The normalized spacial score (nSPS) is 14.8. The fraction of sp³-hybridized carbons (Fsp3) is 0.200. The number of amides is 2. The van der Waals surface area contributed by atoms with Crippen molar-refractivity contribution in [2.75, 3.05) is 56.3 Å². The molecule has 0 bridgehead atoms. The number of hydrogen-bond acceptors (Lipinski definition) is 11. The second-order valence-electron chi connectivity index (χ2n) is 16.9. The number of benzene rings is 6. The molecule has 360 valence electrons. The van der Waals surface area contributed by atoms with Crippen LogP contribution in [0.4, 0.5) is 15.8 Å². The summed E-state index contributed by atoms with van der Waals surface area (Å²) in [5.41, 5.74) is 7.26. The van der Waals surface area contributed by atoms with Crippen LogP contribution < -0.4 is 44.1 Å². The first-order chi connectivity index (χ1) is 34.9. The zero-order valence-corrected chi connectivity index (χ0v) is 38.9. The summed E-state index contributed by atoms with van der Waals surface area (Å²) in [6, 6.07) is 45.4. The summed E-state index contributed by atoms with van der Waals surface area (Å²) in [7, 11) is 1.58. The third-order valence-electron chi connectivity index (χ3n) is 12.2. The Hall–Kier alpha value is -8.79. The van der Waals surface area contributed by atoms with Crippen LogP contribution in [-0.2, 0) is 22.7 Å². The molecule has 0 saturated heterocycles. The fourth-order valence-corrected chi connectivity index (χ4v) is 8.73. The number of hydrogen-bond donors (Lipinski definition) is 2. The third-order valence-corrected chi connectivity index (χ3v) is 12.2. The van der Waals surface area contributed by atoms with Gasteiger partial charge in [0.15, 0.2) is 35.3 Å². The Balaban J connectivity index is 0.800. The van der Waals surface area contributed by atoms with Gasteiger partial charge in [-0.1, -0.05) is 66.7 Å². The van der Waals surface area contributed by atoms with Gasteiger partial charge in [-0.15, -0.1) is 0 Å². The van der Waals surface area contributed by atoms with E-state index in [0.29, 0.717) is 42.6 Å². The van der Waals surface area contributed by atoms with Crippen molar-refractivity contribution in [2.45, 2.75) is 25.3 Å². The van der Waals surface area contributed by atoms with Crippen LogP contribution >= 0.6 is 0 Å². The molecule has 2 unspecified atom stereocenters. The molecule has 71 heavy (non-hydrogen) atoms. The topological polar surface area (TPSA) is 146 Å². The van der Waals surface area contributed by atoms with E-state index in [1.165, 1.54) is 6.07 Å². The molecule has 0 saturated carbocycles. The molecule has 15 nitrogen and oxygen atoms in total. The lowest BCUT2D eigenvalue weighted by atomic mass is 10.0. The van der Waals surface area contributed by atoms with Gasteiger partial charge in [0.1, 0.15) is 24.7 Å². The van der Waals surface area contributed by atoms with Crippen LogP contribution in [0.1, 0.15) is 11.1 Å². The van der Waals surface area contributed by atoms with E-state index in [1.54, 1.807) is 42.4 Å². The molecule has 2 aromatic heterocycles. The first kappa shape index (κ1) is 46.0. The number of nitrogens with one attached hydrogen (secondary N) is 2. The van der Waals surface area contributed by atoms with Gasteiger partial charge in [0, 0.05) is 43.4 Å². The summed E-state index contributed by atoms with van der Waals surface area (Å²) in [6.45, 7) is 2.32. The van der Waals surface area contributed by atoms with Crippen LogP contribution in [0.3, 0.4) is 0 Å². The predicted octanol–water partition coefficient (Wildman–Crippen LogP) is 7.80. The van der Waals surface area contributed by atoms with Crippen molar-refractivity contribution in [1.82, 2.24) is 30.2 Å². The maximum absolute atomic E-state index is 14.2. The summed E-state index contributed by atoms with van der Waals surface area (Å²) < 4.78 is 48.2. The van der Waals surface area contributed by atoms with Gasteiger partial charge < -0.3 is 44.1 Å². The van der Waals surface area contributed by atoms with Crippen LogP contribution in [0.25, 0.3) is 22.5 Å². The standard InChI is InChI=1S/C55H51FN8O7/c1-67-53-43(9-6-14-49(53)69-32-28-58-54(65)51-36-61(45-11-3-5-13-48(45)70-51)34-38-15-20-41(21-16-38)63-29-7-25-59-63)40-19-24-46-50(33-40)71-52(55(66)57-27-31-68-47-12-4-2-10-44(47)56)37-62(46)35-39-17-22-42(23-18-39)64-30-8-26-60-64/h2-26,29-30,33,51-52H,27-28,31-32,34-37H2,1H3,(H,57,66)(H,58,65). The Morgan fingerprint density at radius 3 is 1.76 bits per heavy atom. The number of halogens is 1. The molecule has 2 aliphatic rings. The van der Waals surface area contributed by atoms with Crippen molar-refractivity contribution >= 4 is 23.2 Å². The lowest BCUT2D eigenvalue weighted by Gasteiger charge is -2.36. The molecule has 6 aromatic carbocycles. The molecule has 10 rings (SSSR count). The van der Waals surface area contributed by atoms with Crippen molar-refractivity contribution < 1.29 is 37.7 Å². The average Bonchev–Trinajstić information content (AvgIpc) is 4.16. The molecule has 16 heteroatoms. The van der Waals surface area contributed by atoms with Crippen molar-refractivity contribution in [3.63, 3.8) is 0 Å². The van der Waals surface area contributed by atoms with Gasteiger partial charge in [0.25, 0.3) is 11.8 Å². The number of para-hydroxylation sites is 4. The Morgan fingerprint density at radius 1 is 0.620 bits per heavy atom. The molecule has 2 atom stereocenters. The molecule has 8 aromatic rings. The number of methoxy groups -OCH3 is 1. The lowest BCUT2D eigenvalue weighted by molar-refractivity contribution is -0.128. The zero-order chi connectivity index (χ0) is 48.5. The van der Waals surface area contributed by atoms with E-state index in [0.717, 1.165) is 45.0 Å². The third kappa shape index (κ3) is 10.6. The summed E-state index contributed by atoms with van der Waals surface area (Å²) in [5, 5.41) is 14.6. The highest BCUT2D eigenvalue weighted by molar-refractivity contribution is 5.85. The van der Waals surface area contributed by atoms with E-state index in [4.69, 9.17) is 23.7 Å². The Kier molecular flexibility index (Phi) is 13.8. The summed E-state index contributed by atoms with van der Waals surface area (Å²) in [6.07, 6.45) is 5.66. The van der Waals surface area contributed by atoms with Gasteiger partial charge in [-0.05, 0) is 95.6 Å². The highest BCUT2D eigenvalue weighted by Crippen LogP contribution is 2.43. The number of anilines is 2. The van der Waals surface area contributed by atoms with Crippen molar-refractivity contribution in [3.8, 4) is 51.2 Å². The predicted molar refractivity (Wildman–Crippen MR) is 266 cm³/mol. The number of carbonyl (C=O) groups excluding carboxylic acids is 2. The van der Waals surface area contributed by atoms with Crippen LogP contribution in [0.15, 0.2) is 170 Å². The zero-order valence-electron chi connectivity index (χ0n) is 38.9. The Labute approximate surface area is 409 Å². The molecule has 4 heterocycles. The summed E-state index contributed by atoms with van der Waals surface area (Å²) in [5.74, 6) is 1.19. The molecule has 0 fully saturated rings. The monoisotopic (exact) mass is 954 g/mol. The minimum absolute atomic E-state index is 0.0741. The van der Waals surface area contributed by atoms with Crippen LogP contribution in [-0.4, -0.2) is 90.1 Å². The van der Waals surface area contributed by atoms with E-state index in [9.17, 15) is 14.0 Å². The van der Waals surface area contributed by atoms with Crippen molar-refractivity contribution in [1.29, 1.82) is 0 Å². The van der Waals surface area contributed by atoms with Gasteiger partial charge in [0.2, 0.25) is 0 Å². The van der Waals surface area contributed by atoms with E-state index in [1.807, 2.05) is 126 Å². The van der Waals surface area contributed by atoms with E-state index < -0.39 is 18.0 Å². The van der Waals surface area contributed by atoms with Gasteiger partial charge in [-0.25, -0.2) is 13.8 Å². The van der Waals surface area contributed by atoms with Crippen molar-refractivity contribution in [2.24, 2.45) is 0 Å². The molecular weight excluding hydrogens is 904 g/mol. The van der Waals surface area contributed by atoms with Crippen LogP contribution in [0.2, 0.25) is 0 Å². The molecule has 0 spiro atoms. The Bertz CT molecular complexity index is 3080. The van der Waals surface area contributed by atoms with E-state index in [-0.39, 0.29) is 50.4 Å². The number of aromatic nitrogens is 4. The van der Waals surface area contributed by atoms with Crippen LogP contribution in [0.5, 0.6) is 28.7 Å².